The first-order valence-electron chi connectivity index (χ1n) is 10.0. The first kappa shape index (κ1) is 18.2. The zero-order valence-corrected chi connectivity index (χ0v) is 17.0. The first-order valence-corrected chi connectivity index (χ1v) is 10.0. The molecule has 0 atom stereocenters. The normalized spacial score (nSPS) is 11.4. The molecule has 0 aliphatic carbocycles. The number of benzene rings is 1. The highest BCUT2D eigenvalue weighted by Gasteiger charge is 2.18. The predicted octanol–water partition coefficient (Wildman–Crippen LogP) is 4.98. The molecule has 158 valence electrons. The van der Waals surface area contributed by atoms with Gasteiger partial charge in [-0.3, -0.25) is 9.78 Å². The van der Waals surface area contributed by atoms with Crippen LogP contribution < -0.4 is 5.56 Å². The maximum absolute atomic E-state index is 12.7. The van der Waals surface area contributed by atoms with Crippen molar-refractivity contribution >= 4 is 22.1 Å². The molecule has 0 radical (unpaired) electrons. The number of furan rings is 1. The Bertz CT molecular complexity index is 1670. The number of H-pyrrole nitrogens is 2. The summed E-state index contributed by atoms with van der Waals surface area (Å²) in [5.74, 6) is 1.81. The second kappa shape index (κ2) is 6.98. The average Bonchev–Trinajstić information content (AvgIpc) is 3.49. The Morgan fingerprint density at radius 2 is 1.88 bits per heavy atom. The number of aryl methyl sites for hydroxylation is 1. The maximum Gasteiger partial charge on any atom is 0.260 e. The van der Waals surface area contributed by atoms with Crippen molar-refractivity contribution in [1.29, 1.82) is 0 Å². The summed E-state index contributed by atoms with van der Waals surface area (Å²) < 4.78 is 5.86. The van der Waals surface area contributed by atoms with Crippen LogP contribution in [-0.2, 0) is 0 Å². The van der Waals surface area contributed by atoms with Gasteiger partial charge < -0.3 is 14.4 Å². The SMILES string of the molecule is Cc1ccc(-c2nc3[nH]c(=O)c(-c4ncc[nH]4)cc3nc2-c2ccc3ncccc3c2)o1.[HH].[HH]. The molecule has 0 aliphatic heterocycles. The molecule has 2 N–H and O–H groups in total. The third kappa shape index (κ3) is 2.97. The number of fused-ring (bicyclic) bond motifs is 2. The lowest BCUT2D eigenvalue weighted by atomic mass is 10.0. The lowest BCUT2D eigenvalue weighted by molar-refractivity contribution is 0.546. The summed E-state index contributed by atoms with van der Waals surface area (Å²) in [7, 11) is 0. The topological polar surface area (TPSA) is 113 Å². The summed E-state index contributed by atoms with van der Waals surface area (Å²) in [4.78, 5) is 36.7. The van der Waals surface area contributed by atoms with E-state index in [2.05, 4.69) is 19.9 Å². The minimum atomic E-state index is -0.298. The molecule has 1 aromatic carbocycles. The van der Waals surface area contributed by atoms with Gasteiger partial charge in [-0.05, 0) is 43.3 Å². The van der Waals surface area contributed by atoms with Crippen LogP contribution in [0.3, 0.4) is 0 Å². The van der Waals surface area contributed by atoms with Crippen LogP contribution in [-0.4, -0.2) is 29.9 Å². The third-order valence-electron chi connectivity index (χ3n) is 5.28. The molecule has 5 aromatic heterocycles. The number of nitrogens with one attached hydrogen (secondary N) is 2. The van der Waals surface area contributed by atoms with Crippen LogP contribution in [0.1, 0.15) is 8.61 Å². The molecule has 0 aliphatic rings. The van der Waals surface area contributed by atoms with Crippen molar-refractivity contribution in [2.45, 2.75) is 6.92 Å². The van der Waals surface area contributed by atoms with Crippen molar-refractivity contribution in [3.8, 4) is 34.1 Å². The molecule has 0 bridgehead atoms. The molecule has 6 rings (SSSR count). The van der Waals surface area contributed by atoms with E-state index in [1.165, 1.54) is 0 Å². The lowest BCUT2D eigenvalue weighted by Gasteiger charge is -2.10. The Morgan fingerprint density at radius 1 is 0.938 bits per heavy atom. The summed E-state index contributed by atoms with van der Waals surface area (Å²) >= 11 is 0. The van der Waals surface area contributed by atoms with Gasteiger partial charge in [0.1, 0.15) is 28.5 Å². The van der Waals surface area contributed by atoms with Crippen LogP contribution in [0, 0.1) is 6.92 Å². The highest BCUT2D eigenvalue weighted by Crippen LogP contribution is 2.33. The third-order valence-corrected chi connectivity index (χ3v) is 5.28. The fourth-order valence-electron chi connectivity index (χ4n) is 3.76. The molecule has 0 saturated heterocycles. The van der Waals surface area contributed by atoms with E-state index in [1.54, 1.807) is 24.7 Å². The standard InChI is InChI=1S/C24H16N6O2.2H2/c1-13-4-7-19(32-13)21-20(15-5-6-17-14(11-15)3-2-8-25-17)28-18-12-16(22-26-9-10-27-22)24(31)30-23(18)29-21;;/h2-12H,1H3,(H,26,27)(H,29,30,31);2*1H. The van der Waals surface area contributed by atoms with E-state index in [4.69, 9.17) is 14.4 Å². The predicted molar refractivity (Wildman–Crippen MR) is 125 cm³/mol. The summed E-state index contributed by atoms with van der Waals surface area (Å²) in [5, 5.41) is 0.992. The number of nitrogens with zero attached hydrogens (tertiary/aromatic N) is 4. The van der Waals surface area contributed by atoms with E-state index in [0.717, 1.165) is 22.2 Å². The number of rotatable bonds is 3. The second-order valence-corrected chi connectivity index (χ2v) is 7.43. The lowest BCUT2D eigenvalue weighted by Crippen LogP contribution is -2.11. The zero-order valence-electron chi connectivity index (χ0n) is 17.0. The molecule has 0 amide bonds. The van der Waals surface area contributed by atoms with Gasteiger partial charge in [0, 0.05) is 32.4 Å². The molecule has 0 spiro atoms. The van der Waals surface area contributed by atoms with Gasteiger partial charge in [0.05, 0.1) is 11.1 Å². The summed E-state index contributed by atoms with van der Waals surface area (Å²) in [6, 6.07) is 15.3. The Hall–Kier alpha value is -4.59. The highest BCUT2D eigenvalue weighted by atomic mass is 16.3. The average molecular weight is 424 g/mol. The minimum Gasteiger partial charge on any atom is -0.460 e. The first-order chi connectivity index (χ1) is 15.7. The van der Waals surface area contributed by atoms with Crippen LogP contribution in [0.4, 0.5) is 0 Å². The van der Waals surface area contributed by atoms with E-state index in [-0.39, 0.29) is 8.41 Å². The van der Waals surface area contributed by atoms with E-state index in [0.29, 0.717) is 39.7 Å². The van der Waals surface area contributed by atoms with Gasteiger partial charge in [0.2, 0.25) is 0 Å². The molecule has 5 heterocycles. The van der Waals surface area contributed by atoms with Gasteiger partial charge >= 0.3 is 0 Å². The molecule has 6 aromatic rings. The van der Waals surface area contributed by atoms with E-state index < -0.39 is 0 Å². The van der Waals surface area contributed by atoms with Crippen LogP contribution in [0.5, 0.6) is 0 Å². The van der Waals surface area contributed by atoms with Crippen LogP contribution in [0.15, 0.2) is 76.3 Å². The quantitative estimate of drug-likeness (QED) is 0.414. The number of aromatic nitrogens is 6. The Labute approximate surface area is 184 Å². The van der Waals surface area contributed by atoms with Crippen molar-refractivity contribution in [2.24, 2.45) is 0 Å². The van der Waals surface area contributed by atoms with Gasteiger partial charge in [-0.15, -0.1) is 0 Å². The second-order valence-electron chi connectivity index (χ2n) is 7.43. The number of pyridine rings is 2. The molecular formula is C24H20N6O2. The van der Waals surface area contributed by atoms with E-state index in [9.17, 15) is 4.79 Å². The largest absolute Gasteiger partial charge is 0.460 e. The highest BCUT2D eigenvalue weighted by molar-refractivity contribution is 5.89. The number of aromatic amines is 2. The van der Waals surface area contributed by atoms with Crippen LogP contribution >= 0.6 is 0 Å². The van der Waals surface area contributed by atoms with Crippen molar-refractivity contribution in [1.82, 2.24) is 29.9 Å². The van der Waals surface area contributed by atoms with Crippen LogP contribution in [0.2, 0.25) is 0 Å². The van der Waals surface area contributed by atoms with Crippen molar-refractivity contribution in [2.75, 3.05) is 0 Å². The fourth-order valence-corrected chi connectivity index (χ4v) is 3.76. The summed E-state index contributed by atoms with van der Waals surface area (Å²) in [6.07, 6.45) is 5.03. The Balaban J connectivity index is 0.00000137. The Kier molecular flexibility index (Phi) is 3.97. The van der Waals surface area contributed by atoms with Crippen molar-refractivity contribution in [3.63, 3.8) is 0 Å². The summed E-state index contributed by atoms with van der Waals surface area (Å²) in [6.45, 7) is 1.87. The molecule has 0 fully saturated rings. The van der Waals surface area contributed by atoms with Crippen LogP contribution in [0.25, 0.3) is 56.2 Å². The van der Waals surface area contributed by atoms with E-state index >= 15 is 0 Å². The number of imidazole rings is 1. The zero-order chi connectivity index (χ0) is 21.7. The number of hydrogen-bond acceptors (Lipinski definition) is 6. The maximum atomic E-state index is 12.7. The molecule has 0 unspecified atom stereocenters. The van der Waals surface area contributed by atoms with Gasteiger partial charge in [-0.1, -0.05) is 12.1 Å². The summed E-state index contributed by atoms with van der Waals surface area (Å²) in [5.41, 5.74) is 3.98. The van der Waals surface area contributed by atoms with Crippen molar-refractivity contribution in [3.05, 3.63) is 83.2 Å². The van der Waals surface area contributed by atoms with Gasteiger partial charge in [-0.25, -0.2) is 15.0 Å². The smallest absolute Gasteiger partial charge is 0.260 e. The Morgan fingerprint density at radius 3 is 2.69 bits per heavy atom. The van der Waals surface area contributed by atoms with Gasteiger partial charge in [0.25, 0.3) is 5.56 Å². The number of hydrogen-bond donors (Lipinski definition) is 2. The molecule has 8 nitrogen and oxygen atoms in total. The molecular weight excluding hydrogens is 404 g/mol. The fraction of sp³-hybridized carbons (Fsp3) is 0.0417. The minimum absolute atomic E-state index is 0. The van der Waals surface area contributed by atoms with Crippen molar-refractivity contribution < 1.29 is 7.27 Å². The molecule has 32 heavy (non-hydrogen) atoms. The van der Waals surface area contributed by atoms with Gasteiger partial charge in [-0.2, -0.15) is 0 Å². The molecule has 0 saturated carbocycles. The van der Waals surface area contributed by atoms with Gasteiger partial charge in [0.15, 0.2) is 11.4 Å². The monoisotopic (exact) mass is 424 g/mol. The molecule has 8 heteroatoms. The van der Waals surface area contributed by atoms with E-state index in [1.807, 2.05) is 49.4 Å².